The van der Waals surface area contributed by atoms with Crippen LogP contribution in [0.5, 0.6) is 0 Å². The van der Waals surface area contributed by atoms with Gasteiger partial charge in [0.05, 0.1) is 0 Å². The molecule has 2 aromatic carbocycles. The summed E-state index contributed by atoms with van der Waals surface area (Å²) in [5.41, 5.74) is 6.73. The molecule has 0 fully saturated rings. The van der Waals surface area contributed by atoms with E-state index in [0.29, 0.717) is 0 Å². The van der Waals surface area contributed by atoms with Gasteiger partial charge in [0, 0.05) is 4.47 Å². The van der Waals surface area contributed by atoms with Crippen LogP contribution in [0.25, 0.3) is 18.2 Å². The average molecular weight is 510 g/mol. The molecule has 0 atom stereocenters. The zero-order valence-corrected chi connectivity index (χ0v) is 22.8. The minimum atomic E-state index is 1.16. The van der Waals surface area contributed by atoms with Crippen molar-refractivity contribution in [2.45, 2.75) is 104 Å². The quantitative estimate of drug-likeness (QED) is 0.147. The van der Waals surface area contributed by atoms with E-state index in [1.165, 1.54) is 116 Å². The Balaban J connectivity index is 2.08. The van der Waals surface area contributed by atoms with Crippen molar-refractivity contribution in [1.29, 1.82) is 0 Å². The van der Waals surface area contributed by atoms with E-state index < -0.39 is 0 Å². The highest BCUT2D eigenvalue weighted by atomic mass is 79.9. The van der Waals surface area contributed by atoms with E-state index in [4.69, 9.17) is 0 Å². The van der Waals surface area contributed by atoms with Crippen molar-refractivity contribution in [2.75, 3.05) is 0 Å². The van der Waals surface area contributed by atoms with Gasteiger partial charge in [0.2, 0.25) is 0 Å². The predicted molar refractivity (Wildman–Crippen MR) is 154 cm³/mol. The molecule has 180 valence electrons. The fourth-order valence-corrected chi connectivity index (χ4v) is 4.95. The molecule has 2 rings (SSSR count). The molecule has 0 aliphatic rings. The molecule has 0 saturated carbocycles. The number of rotatable bonds is 17. The highest BCUT2D eigenvalue weighted by Gasteiger charge is 2.08. The molecule has 33 heavy (non-hydrogen) atoms. The molecule has 2 aromatic rings. The minimum absolute atomic E-state index is 1.16. The summed E-state index contributed by atoms with van der Waals surface area (Å²) in [6.45, 7) is 8.43. The van der Waals surface area contributed by atoms with Gasteiger partial charge in [-0.1, -0.05) is 149 Å². The summed E-state index contributed by atoms with van der Waals surface area (Å²) in [6.07, 6.45) is 24.9. The second kappa shape index (κ2) is 16.9. The number of aryl methyl sites for hydroxylation is 2. The monoisotopic (exact) mass is 508 g/mol. The van der Waals surface area contributed by atoms with E-state index in [0.717, 1.165) is 6.42 Å². The van der Waals surface area contributed by atoms with Gasteiger partial charge in [-0.3, -0.25) is 0 Å². The molecular formula is C32H45Br. The van der Waals surface area contributed by atoms with Gasteiger partial charge in [0.1, 0.15) is 0 Å². The zero-order chi connectivity index (χ0) is 23.7. The second-order valence-electron chi connectivity index (χ2n) is 9.38. The van der Waals surface area contributed by atoms with Gasteiger partial charge < -0.3 is 0 Å². The topological polar surface area (TPSA) is 0 Å². The Labute approximate surface area is 212 Å². The van der Waals surface area contributed by atoms with Crippen LogP contribution in [0.15, 0.2) is 47.4 Å². The third kappa shape index (κ3) is 10.9. The van der Waals surface area contributed by atoms with Crippen LogP contribution in [0.1, 0.15) is 119 Å². The fraction of sp³-hybridized carbons (Fsp3) is 0.500. The Bertz CT molecular complexity index is 828. The molecule has 0 spiro atoms. The van der Waals surface area contributed by atoms with Crippen molar-refractivity contribution in [3.05, 3.63) is 75.3 Å². The first-order valence-electron chi connectivity index (χ1n) is 13.4. The van der Waals surface area contributed by atoms with Crippen molar-refractivity contribution in [3.8, 4) is 0 Å². The van der Waals surface area contributed by atoms with Crippen molar-refractivity contribution < 1.29 is 0 Å². The van der Waals surface area contributed by atoms with Crippen molar-refractivity contribution in [3.63, 3.8) is 0 Å². The summed E-state index contributed by atoms with van der Waals surface area (Å²) < 4.78 is 1.30. The standard InChI is InChI=1S/C32H45Br/c1-4-7-9-11-13-15-17-29-26-32(33)31(18-16-14-12-10-8-5-2)25-30(29)24-23-28-21-19-27(6-3)20-22-28/h6,19-26H,3-5,7-18H2,1-2H3/b24-23+. The Hall–Kier alpha value is -1.60. The highest BCUT2D eigenvalue weighted by molar-refractivity contribution is 9.10. The van der Waals surface area contributed by atoms with E-state index in [1.807, 2.05) is 6.08 Å². The van der Waals surface area contributed by atoms with Gasteiger partial charge in [0.15, 0.2) is 0 Å². The molecule has 0 saturated heterocycles. The number of hydrogen-bond donors (Lipinski definition) is 0. The number of unbranched alkanes of at least 4 members (excludes halogenated alkanes) is 10. The first kappa shape index (κ1) is 27.6. The zero-order valence-electron chi connectivity index (χ0n) is 21.2. The molecular weight excluding hydrogens is 464 g/mol. The maximum Gasteiger partial charge on any atom is 0.0210 e. The lowest BCUT2D eigenvalue weighted by Gasteiger charge is -2.13. The van der Waals surface area contributed by atoms with Crippen molar-refractivity contribution in [1.82, 2.24) is 0 Å². The Morgan fingerprint density at radius 2 is 1.15 bits per heavy atom. The number of benzene rings is 2. The van der Waals surface area contributed by atoms with E-state index in [9.17, 15) is 0 Å². The van der Waals surface area contributed by atoms with E-state index in [1.54, 1.807) is 0 Å². The molecule has 0 amide bonds. The normalized spacial score (nSPS) is 11.4. The van der Waals surface area contributed by atoms with Crippen molar-refractivity contribution in [2.24, 2.45) is 0 Å². The van der Waals surface area contributed by atoms with Crippen LogP contribution in [0.4, 0.5) is 0 Å². The van der Waals surface area contributed by atoms with Crippen LogP contribution >= 0.6 is 15.9 Å². The van der Waals surface area contributed by atoms with Gasteiger partial charge in [0.25, 0.3) is 0 Å². The fourth-order valence-electron chi connectivity index (χ4n) is 4.36. The molecule has 0 aliphatic heterocycles. The summed E-state index contributed by atoms with van der Waals surface area (Å²) in [5.74, 6) is 0. The molecule has 0 unspecified atom stereocenters. The van der Waals surface area contributed by atoms with Crippen LogP contribution in [-0.2, 0) is 12.8 Å². The molecule has 0 heterocycles. The lowest BCUT2D eigenvalue weighted by atomic mass is 9.95. The molecule has 0 N–H and O–H groups in total. The smallest absolute Gasteiger partial charge is 0.0210 e. The van der Waals surface area contributed by atoms with Gasteiger partial charge in [-0.25, -0.2) is 0 Å². The van der Waals surface area contributed by atoms with Gasteiger partial charge >= 0.3 is 0 Å². The third-order valence-electron chi connectivity index (χ3n) is 6.54. The van der Waals surface area contributed by atoms with Crippen LogP contribution in [0.2, 0.25) is 0 Å². The first-order valence-corrected chi connectivity index (χ1v) is 14.2. The third-order valence-corrected chi connectivity index (χ3v) is 7.27. The average Bonchev–Trinajstić information content (AvgIpc) is 2.84. The molecule has 0 aromatic heterocycles. The van der Waals surface area contributed by atoms with Crippen molar-refractivity contribution >= 4 is 34.2 Å². The first-order chi connectivity index (χ1) is 16.2. The summed E-state index contributed by atoms with van der Waals surface area (Å²) >= 11 is 3.90. The van der Waals surface area contributed by atoms with Crippen LogP contribution in [-0.4, -0.2) is 0 Å². The molecule has 0 radical (unpaired) electrons. The Kier molecular flexibility index (Phi) is 14.2. The Morgan fingerprint density at radius 1 is 0.636 bits per heavy atom. The van der Waals surface area contributed by atoms with E-state index >= 15 is 0 Å². The second-order valence-corrected chi connectivity index (χ2v) is 10.2. The summed E-state index contributed by atoms with van der Waals surface area (Å²) in [6, 6.07) is 13.5. The largest absolute Gasteiger partial charge is 0.0985 e. The molecule has 0 aliphatic carbocycles. The van der Waals surface area contributed by atoms with E-state index in [-0.39, 0.29) is 0 Å². The lowest BCUT2D eigenvalue weighted by molar-refractivity contribution is 0.605. The van der Waals surface area contributed by atoms with Gasteiger partial charge in [-0.05, 0) is 59.6 Å². The van der Waals surface area contributed by atoms with E-state index in [2.05, 4.69) is 84.9 Å². The van der Waals surface area contributed by atoms with Crippen LogP contribution in [0, 0.1) is 0 Å². The maximum absolute atomic E-state index is 3.90. The summed E-state index contributed by atoms with van der Waals surface area (Å²) in [7, 11) is 0. The van der Waals surface area contributed by atoms with Crippen LogP contribution in [0.3, 0.4) is 0 Å². The predicted octanol–water partition coefficient (Wildman–Crippen LogP) is 11.1. The number of halogens is 1. The molecule has 0 nitrogen and oxygen atoms in total. The summed E-state index contributed by atoms with van der Waals surface area (Å²) in [5, 5.41) is 0. The van der Waals surface area contributed by atoms with Crippen LogP contribution < -0.4 is 0 Å². The molecule has 0 bridgehead atoms. The maximum atomic E-state index is 3.90. The molecule has 1 heteroatoms. The highest BCUT2D eigenvalue weighted by Crippen LogP contribution is 2.27. The number of hydrogen-bond acceptors (Lipinski definition) is 0. The minimum Gasteiger partial charge on any atom is -0.0985 e. The lowest BCUT2D eigenvalue weighted by Crippen LogP contribution is -1.96. The van der Waals surface area contributed by atoms with Gasteiger partial charge in [-0.15, -0.1) is 0 Å². The Morgan fingerprint density at radius 3 is 1.73 bits per heavy atom. The summed E-state index contributed by atoms with van der Waals surface area (Å²) in [4.78, 5) is 0. The van der Waals surface area contributed by atoms with Gasteiger partial charge in [-0.2, -0.15) is 0 Å². The SMILES string of the molecule is C=Cc1ccc(/C=C/c2cc(CCCCCCCC)c(Br)cc2CCCCCCCC)cc1.